The van der Waals surface area contributed by atoms with Crippen molar-refractivity contribution < 1.29 is 13.2 Å². The van der Waals surface area contributed by atoms with Crippen molar-refractivity contribution in [3.8, 4) is 0 Å². The first-order valence-corrected chi connectivity index (χ1v) is 9.20. The lowest BCUT2D eigenvalue weighted by Gasteiger charge is -2.35. The van der Waals surface area contributed by atoms with Crippen LogP contribution < -0.4 is 4.72 Å². The van der Waals surface area contributed by atoms with E-state index >= 15 is 0 Å². The number of imidazole rings is 1. The third-order valence-electron chi connectivity index (χ3n) is 3.53. The number of nitrogens with one attached hydrogen (secondary N) is 1. The number of hydrogen-bond donors (Lipinski definition) is 1. The van der Waals surface area contributed by atoms with Gasteiger partial charge in [-0.1, -0.05) is 11.6 Å². The number of nitrogens with zero attached hydrogens (tertiary/aromatic N) is 3. The van der Waals surface area contributed by atoms with Crippen LogP contribution in [0.3, 0.4) is 0 Å². The molecule has 22 heavy (non-hydrogen) atoms. The molecule has 2 atom stereocenters. The van der Waals surface area contributed by atoms with Crippen LogP contribution in [0.5, 0.6) is 0 Å². The van der Waals surface area contributed by atoms with E-state index in [1.165, 1.54) is 10.9 Å². The van der Waals surface area contributed by atoms with Crippen molar-refractivity contribution in [3.63, 3.8) is 0 Å². The van der Waals surface area contributed by atoms with Gasteiger partial charge in [-0.2, -0.15) is 0 Å². The fraction of sp³-hybridized carbons (Fsp3) is 0.769. The number of hydrogen-bond acceptors (Lipinski definition) is 5. The van der Waals surface area contributed by atoms with Crippen LogP contribution >= 0.6 is 11.6 Å². The van der Waals surface area contributed by atoms with Crippen LogP contribution in [0.15, 0.2) is 11.4 Å². The van der Waals surface area contributed by atoms with Gasteiger partial charge < -0.3 is 9.30 Å². The van der Waals surface area contributed by atoms with Crippen LogP contribution in [0, 0.1) is 0 Å². The Bertz CT molecular complexity index is 594. The lowest BCUT2D eigenvalue weighted by atomic mass is 10.2. The first-order chi connectivity index (χ1) is 10.3. The molecule has 7 nitrogen and oxygen atoms in total. The number of aromatic nitrogens is 2. The molecule has 1 aromatic rings. The van der Waals surface area contributed by atoms with Crippen LogP contribution in [-0.4, -0.2) is 61.3 Å². The summed E-state index contributed by atoms with van der Waals surface area (Å²) in [5.74, 6) is 0. The van der Waals surface area contributed by atoms with Gasteiger partial charge in [0.1, 0.15) is 5.15 Å². The van der Waals surface area contributed by atoms with Gasteiger partial charge in [0.05, 0.1) is 18.5 Å². The van der Waals surface area contributed by atoms with E-state index < -0.39 is 10.0 Å². The molecule has 0 bridgehead atoms. The summed E-state index contributed by atoms with van der Waals surface area (Å²) in [5, 5.41) is -0.00591. The van der Waals surface area contributed by atoms with E-state index in [0.29, 0.717) is 6.54 Å². The standard InChI is InChI=1S/C13H23ClN4O3S/c1-10-7-18(8-11(2)21-10)6-4-5-16-22(19,20)13-12(14)17(3)9-15-13/h9-11,16H,4-8H2,1-3H3. The molecule has 1 aromatic heterocycles. The predicted molar refractivity (Wildman–Crippen MR) is 84.5 cm³/mol. The Kier molecular flexibility index (Phi) is 5.84. The number of halogens is 1. The van der Waals surface area contributed by atoms with Crippen molar-refractivity contribution in [1.29, 1.82) is 0 Å². The van der Waals surface area contributed by atoms with Crippen LogP contribution in [0.25, 0.3) is 0 Å². The van der Waals surface area contributed by atoms with E-state index in [4.69, 9.17) is 16.3 Å². The second kappa shape index (κ2) is 7.27. The van der Waals surface area contributed by atoms with E-state index in [1.54, 1.807) is 7.05 Å². The Morgan fingerprint density at radius 2 is 2.05 bits per heavy atom. The highest BCUT2D eigenvalue weighted by Crippen LogP contribution is 2.18. The Morgan fingerprint density at radius 1 is 1.41 bits per heavy atom. The second-order valence-corrected chi connectivity index (χ2v) is 7.76. The van der Waals surface area contributed by atoms with Crippen molar-refractivity contribution in [3.05, 3.63) is 11.5 Å². The Balaban J connectivity index is 1.80. The molecule has 2 unspecified atom stereocenters. The van der Waals surface area contributed by atoms with Gasteiger partial charge in [-0.3, -0.25) is 4.90 Å². The Hall–Kier alpha value is -0.670. The summed E-state index contributed by atoms with van der Waals surface area (Å²) < 4.78 is 33.9. The summed E-state index contributed by atoms with van der Waals surface area (Å²) in [6.07, 6.45) is 2.54. The highest BCUT2D eigenvalue weighted by Gasteiger charge is 2.23. The van der Waals surface area contributed by atoms with Crippen molar-refractivity contribution in [2.75, 3.05) is 26.2 Å². The molecule has 1 N–H and O–H groups in total. The lowest BCUT2D eigenvalue weighted by molar-refractivity contribution is -0.0679. The predicted octanol–water partition coefficient (Wildman–Crippen LogP) is 0.851. The van der Waals surface area contributed by atoms with Gasteiger partial charge in [-0.05, 0) is 26.8 Å². The first-order valence-electron chi connectivity index (χ1n) is 7.34. The zero-order valence-electron chi connectivity index (χ0n) is 13.1. The molecule has 1 fully saturated rings. The highest BCUT2D eigenvalue weighted by molar-refractivity contribution is 7.89. The minimum atomic E-state index is -3.65. The molecule has 126 valence electrons. The number of morpholine rings is 1. The zero-order chi connectivity index (χ0) is 16.3. The van der Waals surface area contributed by atoms with Crippen molar-refractivity contribution in [2.24, 2.45) is 7.05 Å². The first kappa shape index (κ1) is 17.7. The van der Waals surface area contributed by atoms with Gasteiger partial charge in [0, 0.05) is 26.7 Å². The number of sulfonamides is 1. The van der Waals surface area contributed by atoms with Gasteiger partial charge in [0.25, 0.3) is 10.0 Å². The molecule has 0 aliphatic carbocycles. The monoisotopic (exact) mass is 350 g/mol. The second-order valence-electron chi connectivity index (χ2n) is 5.72. The molecule has 0 aromatic carbocycles. The quantitative estimate of drug-likeness (QED) is 0.770. The molecule has 0 radical (unpaired) electrons. The third-order valence-corrected chi connectivity index (χ3v) is 5.48. The van der Waals surface area contributed by atoms with Crippen LogP contribution in [0.4, 0.5) is 0 Å². The topological polar surface area (TPSA) is 76.5 Å². The average molecular weight is 351 g/mol. The van der Waals surface area contributed by atoms with Crippen LogP contribution in [-0.2, 0) is 21.8 Å². The molecule has 1 saturated heterocycles. The van der Waals surface area contributed by atoms with Gasteiger partial charge in [-0.25, -0.2) is 18.1 Å². The van der Waals surface area contributed by atoms with Gasteiger partial charge >= 0.3 is 0 Å². The van der Waals surface area contributed by atoms with Gasteiger partial charge in [0.2, 0.25) is 5.03 Å². The maximum absolute atomic E-state index is 12.1. The van der Waals surface area contributed by atoms with Crippen molar-refractivity contribution in [1.82, 2.24) is 19.2 Å². The molecule has 9 heteroatoms. The normalized spacial score (nSPS) is 23.8. The molecule has 1 aliphatic heterocycles. The van der Waals surface area contributed by atoms with Crippen molar-refractivity contribution in [2.45, 2.75) is 37.5 Å². The maximum Gasteiger partial charge on any atom is 0.261 e. The Labute approximate surface area is 136 Å². The summed E-state index contributed by atoms with van der Waals surface area (Å²) >= 11 is 5.92. The van der Waals surface area contributed by atoms with Gasteiger partial charge in [-0.15, -0.1) is 0 Å². The molecular weight excluding hydrogens is 328 g/mol. The van der Waals surface area contributed by atoms with Crippen molar-refractivity contribution >= 4 is 21.6 Å². The van der Waals surface area contributed by atoms with E-state index in [0.717, 1.165) is 26.1 Å². The summed E-state index contributed by atoms with van der Waals surface area (Å²) in [6.45, 7) is 7.04. The van der Waals surface area contributed by atoms with E-state index in [2.05, 4.69) is 28.5 Å². The summed E-state index contributed by atoms with van der Waals surface area (Å²) in [5.41, 5.74) is 0. The van der Waals surface area contributed by atoms with Crippen LogP contribution in [0.2, 0.25) is 5.15 Å². The average Bonchev–Trinajstić information content (AvgIpc) is 2.75. The Morgan fingerprint density at radius 3 is 2.59 bits per heavy atom. The number of aryl methyl sites for hydroxylation is 1. The van der Waals surface area contributed by atoms with E-state index in [9.17, 15) is 8.42 Å². The number of rotatable bonds is 6. The minimum absolute atomic E-state index is 0.114. The van der Waals surface area contributed by atoms with Gasteiger partial charge in [0.15, 0.2) is 0 Å². The summed E-state index contributed by atoms with van der Waals surface area (Å²) in [7, 11) is -2.00. The summed E-state index contributed by atoms with van der Waals surface area (Å²) in [4.78, 5) is 6.12. The highest BCUT2D eigenvalue weighted by atomic mass is 35.5. The maximum atomic E-state index is 12.1. The zero-order valence-corrected chi connectivity index (χ0v) is 14.7. The largest absolute Gasteiger partial charge is 0.373 e. The minimum Gasteiger partial charge on any atom is -0.373 e. The fourth-order valence-corrected chi connectivity index (χ4v) is 4.12. The molecule has 0 saturated carbocycles. The molecule has 2 heterocycles. The molecule has 1 aliphatic rings. The fourth-order valence-electron chi connectivity index (χ4n) is 2.62. The summed E-state index contributed by atoms with van der Waals surface area (Å²) in [6, 6.07) is 0. The van der Waals surface area contributed by atoms with E-state index in [-0.39, 0.29) is 22.4 Å². The molecule has 2 rings (SSSR count). The third kappa shape index (κ3) is 4.42. The smallest absolute Gasteiger partial charge is 0.261 e. The molecule has 0 spiro atoms. The lowest BCUT2D eigenvalue weighted by Crippen LogP contribution is -2.46. The SMILES string of the molecule is CC1CN(CCCNS(=O)(=O)c2ncn(C)c2Cl)CC(C)O1. The number of ether oxygens (including phenoxy) is 1. The molecule has 0 amide bonds. The van der Waals surface area contributed by atoms with E-state index in [1.807, 2.05) is 0 Å². The van der Waals surface area contributed by atoms with Crippen LogP contribution in [0.1, 0.15) is 20.3 Å². The molecular formula is C13H23ClN4O3S.